The van der Waals surface area contributed by atoms with Gasteiger partial charge in [-0.3, -0.25) is 0 Å². The zero-order valence-corrected chi connectivity index (χ0v) is 10.6. The summed E-state index contributed by atoms with van der Waals surface area (Å²) in [5, 5.41) is 0. The molecule has 0 aliphatic rings. The minimum Gasteiger partial charge on any atom is -0.396 e. The van der Waals surface area contributed by atoms with Gasteiger partial charge in [0, 0.05) is 13.1 Å². The second-order valence-corrected chi connectivity index (χ2v) is 4.73. The molecule has 0 radical (unpaired) electrons. The molecule has 90 valence electrons. The fraction of sp³-hybridized carbons (Fsp3) is 0.583. The summed E-state index contributed by atoms with van der Waals surface area (Å²) >= 11 is 0. The van der Waals surface area contributed by atoms with Gasteiger partial charge in [-0.05, 0) is 31.4 Å². The third-order valence-electron chi connectivity index (χ3n) is 2.78. The van der Waals surface area contributed by atoms with E-state index in [4.69, 9.17) is 11.5 Å². The van der Waals surface area contributed by atoms with Crippen molar-refractivity contribution in [3.05, 3.63) is 12.1 Å². The van der Waals surface area contributed by atoms with E-state index in [1.165, 1.54) is 0 Å². The molecular formula is C12H22N4. The van der Waals surface area contributed by atoms with Gasteiger partial charge in [-0.1, -0.05) is 13.8 Å². The molecule has 4 heteroatoms. The molecule has 16 heavy (non-hydrogen) atoms. The smallest absolute Gasteiger partial charge is 0.149 e. The minimum absolute atomic E-state index is 0.404. The highest BCUT2D eigenvalue weighted by Gasteiger charge is 2.13. The molecule has 0 saturated carbocycles. The molecule has 1 rings (SSSR count). The molecule has 1 atom stereocenters. The van der Waals surface area contributed by atoms with Crippen LogP contribution in [-0.4, -0.2) is 18.1 Å². The Balaban J connectivity index is 2.79. The largest absolute Gasteiger partial charge is 0.396 e. The van der Waals surface area contributed by atoms with E-state index < -0.39 is 0 Å². The van der Waals surface area contributed by atoms with Gasteiger partial charge < -0.3 is 16.4 Å². The zero-order chi connectivity index (χ0) is 12.3. The van der Waals surface area contributed by atoms with Gasteiger partial charge in [0.15, 0.2) is 0 Å². The van der Waals surface area contributed by atoms with Crippen LogP contribution in [0.1, 0.15) is 27.2 Å². The summed E-state index contributed by atoms with van der Waals surface area (Å²) in [5.74, 6) is 1.95. The van der Waals surface area contributed by atoms with E-state index in [1.54, 1.807) is 6.07 Å². The van der Waals surface area contributed by atoms with Crippen LogP contribution in [0.15, 0.2) is 12.1 Å². The second kappa shape index (κ2) is 5.05. The van der Waals surface area contributed by atoms with Crippen molar-refractivity contribution in [2.45, 2.75) is 33.2 Å². The van der Waals surface area contributed by atoms with Gasteiger partial charge in [-0.15, -0.1) is 0 Å². The first-order valence-electron chi connectivity index (χ1n) is 5.66. The molecule has 0 fully saturated rings. The van der Waals surface area contributed by atoms with Crippen molar-refractivity contribution in [3.8, 4) is 0 Å². The summed E-state index contributed by atoms with van der Waals surface area (Å²) in [6.45, 7) is 6.62. The molecule has 0 saturated heterocycles. The maximum absolute atomic E-state index is 5.70. The van der Waals surface area contributed by atoms with Crippen molar-refractivity contribution in [3.63, 3.8) is 0 Å². The first kappa shape index (κ1) is 12.6. The third-order valence-corrected chi connectivity index (χ3v) is 2.78. The molecule has 4 nitrogen and oxygen atoms in total. The van der Waals surface area contributed by atoms with Crippen molar-refractivity contribution in [2.75, 3.05) is 23.4 Å². The molecule has 0 aliphatic heterocycles. The molecule has 0 aromatic carbocycles. The first-order valence-corrected chi connectivity index (χ1v) is 5.66. The maximum atomic E-state index is 5.70. The summed E-state index contributed by atoms with van der Waals surface area (Å²) in [6.07, 6.45) is 1.13. The highest BCUT2D eigenvalue weighted by Crippen LogP contribution is 2.21. The lowest BCUT2D eigenvalue weighted by atomic mass is 10.0. The molecule has 1 heterocycles. The van der Waals surface area contributed by atoms with E-state index in [0.29, 0.717) is 23.5 Å². The second-order valence-electron chi connectivity index (χ2n) is 4.73. The Kier molecular flexibility index (Phi) is 3.99. The molecule has 1 aromatic heterocycles. The molecular weight excluding hydrogens is 200 g/mol. The lowest BCUT2D eigenvalue weighted by molar-refractivity contribution is 0.502. The van der Waals surface area contributed by atoms with Gasteiger partial charge in [0.05, 0.1) is 5.69 Å². The molecule has 4 N–H and O–H groups in total. The lowest BCUT2D eigenvalue weighted by Crippen LogP contribution is -2.30. The number of nitrogen functional groups attached to an aromatic ring is 2. The Morgan fingerprint density at radius 1 is 1.25 bits per heavy atom. The Bertz CT molecular complexity index is 349. The average molecular weight is 222 g/mol. The average Bonchev–Trinajstić information content (AvgIpc) is 2.20. The predicted molar refractivity (Wildman–Crippen MR) is 70.4 cm³/mol. The summed E-state index contributed by atoms with van der Waals surface area (Å²) < 4.78 is 0. The number of pyridine rings is 1. The third kappa shape index (κ3) is 3.02. The number of nitrogens with two attached hydrogens (primary N) is 2. The van der Waals surface area contributed by atoms with Crippen LogP contribution in [0, 0.1) is 5.92 Å². The molecule has 1 aromatic rings. The van der Waals surface area contributed by atoms with E-state index in [2.05, 4.69) is 30.7 Å². The molecule has 1 unspecified atom stereocenters. The number of anilines is 3. The van der Waals surface area contributed by atoms with Gasteiger partial charge in [-0.2, -0.15) is 0 Å². The summed E-state index contributed by atoms with van der Waals surface area (Å²) in [5.41, 5.74) is 11.9. The standard InChI is InChI=1S/C12H22N4/c1-8(2)7-9(3)16(4)11-6-5-10(13)12(14)15-11/h5-6,8-9H,7,13H2,1-4H3,(H2,14,15). The van der Waals surface area contributed by atoms with E-state index in [0.717, 1.165) is 12.2 Å². The van der Waals surface area contributed by atoms with Crippen LogP contribution < -0.4 is 16.4 Å². The molecule has 0 bridgehead atoms. The Morgan fingerprint density at radius 3 is 2.38 bits per heavy atom. The number of aromatic nitrogens is 1. The predicted octanol–water partition coefficient (Wildman–Crippen LogP) is 2.12. The number of rotatable bonds is 4. The monoisotopic (exact) mass is 222 g/mol. The fourth-order valence-electron chi connectivity index (χ4n) is 1.74. The topological polar surface area (TPSA) is 68.2 Å². The van der Waals surface area contributed by atoms with E-state index in [-0.39, 0.29) is 0 Å². The SMILES string of the molecule is CC(C)CC(C)N(C)c1ccc(N)c(N)n1. The van der Waals surface area contributed by atoms with E-state index in [1.807, 2.05) is 13.1 Å². The summed E-state index contributed by atoms with van der Waals surface area (Å²) in [4.78, 5) is 6.41. The zero-order valence-electron chi connectivity index (χ0n) is 10.6. The van der Waals surface area contributed by atoms with Gasteiger partial charge >= 0.3 is 0 Å². The molecule has 0 spiro atoms. The Hall–Kier alpha value is -1.45. The fourth-order valence-corrected chi connectivity index (χ4v) is 1.74. The Labute approximate surface area is 97.6 Å². The van der Waals surface area contributed by atoms with Crippen LogP contribution in [0.25, 0.3) is 0 Å². The summed E-state index contributed by atoms with van der Waals surface area (Å²) in [6, 6.07) is 4.15. The van der Waals surface area contributed by atoms with Gasteiger partial charge in [0.25, 0.3) is 0 Å². The molecule has 0 amide bonds. The summed E-state index contributed by atoms with van der Waals surface area (Å²) in [7, 11) is 2.03. The highest BCUT2D eigenvalue weighted by atomic mass is 15.2. The highest BCUT2D eigenvalue weighted by molar-refractivity contribution is 5.62. The van der Waals surface area contributed by atoms with Crippen molar-refractivity contribution in [1.29, 1.82) is 0 Å². The van der Waals surface area contributed by atoms with Crippen molar-refractivity contribution in [2.24, 2.45) is 5.92 Å². The van der Waals surface area contributed by atoms with Crippen molar-refractivity contribution >= 4 is 17.3 Å². The van der Waals surface area contributed by atoms with Crippen LogP contribution >= 0.6 is 0 Å². The van der Waals surface area contributed by atoms with Gasteiger partial charge in [0.1, 0.15) is 11.6 Å². The van der Waals surface area contributed by atoms with Crippen LogP contribution in [0.2, 0.25) is 0 Å². The maximum Gasteiger partial charge on any atom is 0.149 e. The minimum atomic E-state index is 0.404. The normalized spacial score (nSPS) is 12.8. The van der Waals surface area contributed by atoms with Crippen molar-refractivity contribution < 1.29 is 0 Å². The van der Waals surface area contributed by atoms with Crippen LogP contribution in [0.3, 0.4) is 0 Å². The Morgan fingerprint density at radius 2 is 1.88 bits per heavy atom. The van der Waals surface area contributed by atoms with Crippen LogP contribution in [0.5, 0.6) is 0 Å². The lowest BCUT2D eigenvalue weighted by Gasteiger charge is -2.27. The first-order chi connectivity index (χ1) is 7.41. The number of hydrogen-bond acceptors (Lipinski definition) is 4. The van der Waals surface area contributed by atoms with Crippen molar-refractivity contribution in [1.82, 2.24) is 4.98 Å². The number of nitrogens with zero attached hydrogens (tertiary/aromatic N) is 2. The molecule has 0 aliphatic carbocycles. The van der Waals surface area contributed by atoms with Gasteiger partial charge in [0.2, 0.25) is 0 Å². The van der Waals surface area contributed by atoms with Crippen LogP contribution in [-0.2, 0) is 0 Å². The number of hydrogen-bond donors (Lipinski definition) is 2. The quantitative estimate of drug-likeness (QED) is 0.818. The van der Waals surface area contributed by atoms with E-state index >= 15 is 0 Å². The van der Waals surface area contributed by atoms with E-state index in [9.17, 15) is 0 Å². The van der Waals surface area contributed by atoms with Gasteiger partial charge in [-0.25, -0.2) is 4.98 Å². The van der Waals surface area contributed by atoms with Crippen LogP contribution in [0.4, 0.5) is 17.3 Å².